The van der Waals surface area contributed by atoms with Gasteiger partial charge in [0.15, 0.2) is 0 Å². The van der Waals surface area contributed by atoms with Gasteiger partial charge in [0.2, 0.25) is 0 Å². The molecule has 2 aromatic heterocycles. The van der Waals surface area contributed by atoms with Gasteiger partial charge in [-0.25, -0.2) is 13.8 Å². The van der Waals surface area contributed by atoms with Crippen molar-refractivity contribution in [3.63, 3.8) is 0 Å². The molecular weight excluding hydrogens is 749 g/mol. The van der Waals surface area contributed by atoms with E-state index in [9.17, 15) is 36.6 Å². The molecule has 15 heteroatoms. The van der Waals surface area contributed by atoms with Crippen LogP contribution in [0.4, 0.5) is 22.0 Å². The zero-order valence-corrected chi connectivity index (χ0v) is 31.8. The monoisotopic (exact) mass is 793 g/mol. The summed E-state index contributed by atoms with van der Waals surface area (Å²) in [6, 6.07) is 19.4. The average molecular weight is 794 g/mol. The van der Waals surface area contributed by atoms with Gasteiger partial charge in [0, 0.05) is 44.4 Å². The largest absolute Gasteiger partial charge is 0.573 e. The van der Waals surface area contributed by atoms with Crippen LogP contribution in [0, 0.1) is 11.6 Å². The minimum Gasteiger partial charge on any atom is -0.465 e. The van der Waals surface area contributed by atoms with Gasteiger partial charge in [-0.3, -0.25) is 19.4 Å². The predicted molar refractivity (Wildman–Crippen MR) is 203 cm³/mol. The number of carbonyl (C=O) groups excluding carboxylic acids is 1. The summed E-state index contributed by atoms with van der Waals surface area (Å²) in [6.45, 7) is 7.02. The maximum absolute atomic E-state index is 14.6. The number of aliphatic hydroxyl groups is 1. The third-order valence-corrected chi connectivity index (χ3v) is 10.4. The number of esters is 1. The van der Waals surface area contributed by atoms with E-state index < -0.39 is 35.3 Å². The number of ether oxygens (including phenoxy) is 2. The Morgan fingerprint density at radius 3 is 2.26 bits per heavy atom. The number of hydrogen-bond acceptors (Lipinski definition) is 9. The maximum Gasteiger partial charge on any atom is 0.573 e. The quantitative estimate of drug-likeness (QED) is 0.0719. The molecule has 57 heavy (non-hydrogen) atoms. The SMILES string of the molecule is CCOC(=O)C(C)(C)N1CCC(N(Cc2ccc(-c3ccc(OC(F)(F)F)cc3)cc2)C(O)Cn2c(CCc3ccc(F)cc3F)nc(=O)c3cccnc32)CC1. The third-order valence-electron chi connectivity index (χ3n) is 10.4. The van der Waals surface area contributed by atoms with Gasteiger partial charge in [-0.2, -0.15) is 4.98 Å². The van der Waals surface area contributed by atoms with Crippen LogP contribution in [0.15, 0.2) is 89.9 Å². The first-order valence-corrected chi connectivity index (χ1v) is 18.7. The summed E-state index contributed by atoms with van der Waals surface area (Å²) in [5.74, 6) is -1.79. The lowest BCUT2D eigenvalue weighted by Crippen LogP contribution is -2.57. The summed E-state index contributed by atoms with van der Waals surface area (Å²) < 4.78 is 77.3. The fourth-order valence-electron chi connectivity index (χ4n) is 7.29. The van der Waals surface area contributed by atoms with Crippen LogP contribution in [0.3, 0.4) is 0 Å². The van der Waals surface area contributed by atoms with Crippen molar-refractivity contribution in [2.24, 2.45) is 0 Å². The fourth-order valence-corrected chi connectivity index (χ4v) is 7.29. The number of aromatic nitrogens is 3. The number of carbonyl (C=O) groups is 1. The summed E-state index contributed by atoms with van der Waals surface area (Å²) in [7, 11) is 0. The van der Waals surface area contributed by atoms with E-state index in [1.165, 1.54) is 36.5 Å². The molecule has 0 spiro atoms. The minimum absolute atomic E-state index is 0.0546. The van der Waals surface area contributed by atoms with E-state index >= 15 is 0 Å². The zero-order valence-electron chi connectivity index (χ0n) is 31.8. The van der Waals surface area contributed by atoms with Crippen LogP contribution in [0.25, 0.3) is 22.2 Å². The molecule has 3 heterocycles. The molecule has 1 N–H and O–H groups in total. The second kappa shape index (κ2) is 17.5. The molecule has 1 saturated heterocycles. The molecule has 1 atom stereocenters. The summed E-state index contributed by atoms with van der Waals surface area (Å²) in [5.41, 5.74) is 1.45. The van der Waals surface area contributed by atoms with Crippen molar-refractivity contribution < 1.29 is 41.3 Å². The molecule has 10 nitrogen and oxygen atoms in total. The van der Waals surface area contributed by atoms with Crippen molar-refractivity contribution in [3.8, 4) is 16.9 Å². The first-order chi connectivity index (χ1) is 27.1. The molecule has 0 bridgehead atoms. The number of piperidine rings is 1. The van der Waals surface area contributed by atoms with Gasteiger partial charge in [0.1, 0.15) is 40.6 Å². The fraction of sp³-hybridized carbons (Fsp3) is 0.381. The topological polar surface area (TPSA) is 110 Å². The molecule has 1 unspecified atom stereocenters. The highest BCUT2D eigenvalue weighted by Crippen LogP contribution is 2.30. The molecule has 5 aromatic rings. The van der Waals surface area contributed by atoms with Crippen molar-refractivity contribution in [2.45, 2.75) is 83.7 Å². The molecule has 1 fully saturated rings. The molecule has 0 amide bonds. The van der Waals surface area contributed by atoms with Gasteiger partial charge in [0.05, 0.1) is 18.5 Å². The van der Waals surface area contributed by atoms with E-state index in [0.717, 1.165) is 23.3 Å². The number of fused-ring (bicyclic) bond motifs is 1. The Bertz CT molecular complexity index is 2220. The lowest BCUT2D eigenvalue weighted by molar-refractivity contribution is -0.274. The number of pyridine rings is 1. The predicted octanol–water partition coefficient (Wildman–Crippen LogP) is 7.05. The number of rotatable bonds is 14. The average Bonchev–Trinajstić information content (AvgIpc) is 3.18. The minimum atomic E-state index is -4.80. The number of alkyl halides is 3. The van der Waals surface area contributed by atoms with E-state index in [1.54, 1.807) is 23.6 Å². The highest BCUT2D eigenvalue weighted by Gasteiger charge is 2.40. The molecule has 0 radical (unpaired) electrons. The first kappa shape index (κ1) is 41.4. The van der Waals surface area contributed by atoms with E-state index in [-0.39, 0.29) is 60.5 Å². The van der Waals surface area contributed by atoms with E-state index in [2.05, 4.69) is 19.6 Å². The van der Waals surface area contributed by atoms with Gasteiger partial charge < -0.3 is 19.1 Å². The second-order valence-corrected chi connectivity index (χ2v) is 14.5. The number of nitrogens with zero attached hydrogens (tertiary/aromatic N) is 5. The molecule has 3 aromatic carbocycles. The van der Waals surface area contributed by atoms with Gasteiger partial charge in [0.25, 0.3) is 5.56 Å². The Kier molecular flexibility index (Phi) is 12.7. The summed E-state index contributed by atoms with van der Waals surface area (Å²) in [5, 5.41) is 12.4. The Morgan fingerprint density at radius 1 is 0.965 bits per heavy atom. The standard InChI is InChI=1S/C42H44F5N5O5/c1-4-56-40(55)41(2,3)50-22-19-32(20-23-50)51(25-27-7-9-28(10-8-27)29-12-16-33(17-13-29)57-42(45,46)47)37(53)26-52-36(18-14-30-11-15-31(43)24-35(30)44)49-39(54)34-6-5-21-48-38(34)52/h5-13,15-17,21,24,32,37,53H,4,14,18-20,22-23,25-26H2,1-3H3. The summed E-state index contributed by atoms with van der Waals surface area (Å²) in [6.07, 6.45) is -3.00. The smallest absolute Gasteiger partial charge is 0.465 e. The van der Waals surface area contributed by atoms with Crippen LogP contribution < -0.4 is 10.3 Å². The first-order valence-electron chi connectivity index (χ1n) is 18.7. The molecular formula is C42H44F5N5O5. The van der Waals surface area contributed by atoms with Gasteiger partial charge in [-0.15, -0.1) is 13.2 Å². The lowest BCUT2D eigenvalue weighted by atomic mass is 9.95. The summed E-state index contributed by atoms with van der Waals surface area (Å²) >= 11 is 0. The van der Waals surface area contributed by atoms with Crippen LogP contribution in [0.2, 0.25) is 0 Å². The summed E-state index contributed by atoms with van der Waals surface area (Å²) in [4.78, 5) is 38.8. The normalized spacial score (nSPS) is 14.9. The van der Waals surface area contributed by atoms with Crippen LogP contribution in [-0.4, -0.2) is 79.3 Å². The van der Waals surface area contributed by atoms with E-state index in [0.29, 0.717) is 43.7 Å². The van der Waals surface area contributed by atoms with Crippen LogP contribution in [0.5, 0.6) is 5.75 Å². The molecule has 6 rings (SSSR count). The third kappa shape index (κ3) is 10.0. The molecule has 1 aliphatic heterocycles. The van der Waals surface area contributed by atoms with Gasteiger partial charge >= 0.3 is 12.3 Å². The van der Waals surface area contributed by atoms with Crippen molar-refractivity contribution in [1.82, 2.24) is 24.3 Å². The highest BCUT2D eigenvalue weighted by molar-refractivity contribution is 5.79. The van der Waals surface area contributed by atoms with Crippen molar-refractivity contribution in [3.05, 3.63) is 124 Å². The Morgan fingerprint density at radius 2 is 1.63 bits per heavy atom. The van der Waals surface area contributed by atoms with Crippen LogP contribution in [-0.2, 0) is 35.5 Å². The molecule has 0 aliphatic carbocycles. The zero-order chi connectivity index (χ0) is 40.9. The van der Waals surface area contributed by atoms with Crippen molar-refractivity contribution >= 4 is 17.0 Å². The lowest BCUT2D eigenvalue weighted by Gasteiger charge is -2.45. The second-order valence-electron chi connectivity index (χ2n) is 14.5. The van der Waals surface area contributed by atoms with Crippen LogP contribution >= 0.6 is 0 Å². The van der Waals surface area contributed by atoms with Gasteiger partial charge in [-0.05, 0) is 92.6 Å². The molecule has 302 valence electrons. The number of aliphatic hydroxyl groups excluding tert-OH is 1. The number of hydrogen-bond donors (Lipinski definition) is 1. The van der Waals surface area contributed by atoms with Gasteiger partial charge in [-0.1, -0.05) is 42.5 Å². The molecule has 1 aliphatic rings. The number of likely N-dealkylation sites (tertiary alicyclic amines) is 1. The highest BCUT2D eigenvalue weighted by atomic mass is 19.4. The number of benzene rings is 3. The van der Waals surface area contributed by atoms with Crippen molar-refractivity contribution in [1.29, 1.82) is 0 Å². The number of aryl methyl sites for hydroxylation is 2. The van der Waals surface area contributed by atoms with Crippen molar-refractivity contribution in [2.75, 3.05) is 19.7 Å². The van der Waals surface area contributed by atoms with Crippen LogP contribution in [0.1, 0.15) is 50.6 Å². The maximum atomic E-state index is 14.6. The number of halogens is 5. The van der Waals surface area contributed by atoms with E-state index in [1.807, 2.05) is 43.0 Å². The Balaban J connectivity index is 1.29. The molecule has 0 saturated carbocycles. The Hall–Kier alpha value is -5.25. The van der Waals surface area contributed by atoms with E-state index in [4.69, 9.17) is 4.74 Å². The Labute approximate surface area is 326 Å².